The highest BCUT2D eigenvalue weighted by atomic mass is 15.0. The summed E-state index contributed by atoms with van der Waals surface area (Å²) in [5, 5.41) is 0. The van der Waals surface area contributed by atoms with Crippen molar-refractivity contribution in [2.75, 3.05) is 0 Å². The zero-order chi connectivity index (χ0) is 11.7. The van der Waals surface area contributed by atoms with E-state index in [2.05, 4.69) is 76.6 Å². The van der Waals surface area contributed by atoms with Crippen molar-refractivity contribution >= 4 is 6.08 Å². The number of allylic oxidation sites excluding steroid dienone is 1. The first-order valence-electron chi connectivity index (χ1n) is 5.57. The molecular weight excluding hydrogens is 182 g/mol. The number of hydrogen-bond donors (Lipinski definition) is 0. The standard InChI is InChI=1S/C14H23N/c1-13(2,3)10-9-12-8-7-11-15(12)14(4,5)6/h7-11H,1-6H3/b10-9+. The Bertz CT molecular complexity index is 342. The van der Waals surface area contributed by atoms with Gasteiger partial charge in [-0.05, 0) is 44.4 Å². The normalized spacial score (nSPS) is 13.7. The van der Waals surface area contributed by atoms with Crippen molar-refractivity contribution < 1.29 is 0 Å². The van der Waals surface area contributed by atoms with Gasteiger partial charge in [0.25, 0.3) is 0 Å². The topological polar surface area (TPSA) is 4.93 Å². The van der Waals surface area contributed by atoms with Gasteiger partial charge in [0, 0.05) is 17.4 Å². The monoisotopic (exact) mass is 205 g/mol. The van der Waals surface area contributed by atoms with Gasteiger partial charge in [0.1, 0.15) is 0 Å². The van der Waals surface area contributed by atoms with Crippen molar-refractivity contribution in [1.82, 2.24) is 4.57 Å². The van der Waals surface area contributed by atoms with Crippen molar-refractivity contribution in [2.45, 2.75) is 47.1 Å². The minimum absolute atomic E-state index is 0.154. The predicted molar refractivity (Wildman–Crippen MR) is 67.9 cm³/mol. The number of nitrogens with zero attached hydrogens (tertiary/aromatic N) is 1. The highest BCUT2D eigenvalue weighted by molar-refractivity contribution is 5.47. The second-order valence-corrected chi connectivity index (χ2v) is 6.17. The summed E-state index contributed by atoms with van der Waals surface area (Å²) < 4.78 is 2.30. The van der Waals surface area contributed by atoms with Crippen LogP contribution in [0.1, 0.15) is 47.2 Å². The van der Waals surface area contributed by atoms with Crippen LogP contribution in [0.2, 0.25) is 0 Å². The summed E-state index contributed by atoms with van der Waals surface area (Å²) in [6, 6.07) is 4.26. The van der Waals surface area contributed by atoms with E-state index in [1.165, 1.54) is 5.69 Å². The van der Waals surface area contributed by atoms with E-state index in [1.54, 1.807) is 0 Å². The Morgan fingerprint density at radius 3 is 2.13 bits per heavy atom. The molecule has 0 aliphatic rings. The van der Waals surface area contributed by atoms with Crippen LogP contribution in [0.25, 0.3) is 6.08 Å². The fraction of sp³-hybridized carbons (Fsp3) is 0.571. The quantitative estimate of drug-likeness (QED) is 0.644. The molecule has 0 radical (unpaired) electrons. The summed E-state index contributed by atoms with van der Waals surface area (Å²) in [6.45, 7) is 13.3. The van der Waals surface area contributed by atoms with Crippen LogP contribution >= 0.6 is 0 Å². The molecule has 0 spiro atoms. The molecular formula is C14H23N. The first-order chi connectivity index (χ1) is 6.70. The molecule has 1 aromatic rings. The summed E-state index contributed by atoms with van der Waals surface area (Å²) in [6.07, 6.45) is 6.61. The minimum Gasteiger partial charge on any atom is -0.343 e. The Balaban J connectivity index is 2.98. The van der Waals surface area contributed by atoms with Crippen molar-refractivity contribution in [3.05, 3.63) is 30.1 Å². The lowest BCUT2D eigenvalue weighted by Crippen LogP contribution is -2.21. The molecule has 0 amide bonds. The van der Waals surface area contributed by atoms with Crippen LogP contribution in [-0.2, 0) is 5.54 Å². The van der Waals surface area contributed by atoms with Gasteiger partial charge in [-0.1, -0.05) is 26.8 Å². The summed E-state index contributed by atoms with van der Waals surface area (Å²) in [5.41, 5.74) is 1.67. The van der Waals surface area contributed by atoms with Crippen LogP contribution in [0.15, 0.2) is 24.4 Å². The third-order valence-electron chi connectivity index (χ3n) is 2.26. The SMILES string of the molecule is CC(C)(C)/C=C/c1cccn1C(C)(C)C. The second-order valence-electron chi connectivity index (χ2n) is 6.17. The smallest absolute Gasteiger partial charge is 0.0408 e. The summed E-state index contributed by atoms with van der Waals surface area (Å²) in [7, 11) is 0. The molecule has 0 aliphatic carbocycles. The number of rotatable bonds is 1. The Hall–Kier alpha value is -0.980. The maximum absolute atomic E-state index is 2.30. The molecule has 0 fully saturated rings. The molecule has 1 heteroatoms. The maximum atomic E-state index is 2.30. The van der Waals surface area contributed by atoms with Crippen molar-refractivity contribution in [2.24, 2.45) is 5.41 Å². The van der Waals surface area contributed by atoms with Crippen molar-refractivity contribution in [3.63, 3.8) is 0 Å². The molecule has 1 heterocycles. The summed E-state index contributed by atoms with van der Waals surface area (Å²) in [4.78, 5) is 0. The van der Waals surface area contributed by atoms with Gasteiger partial charge in [-0.15, -0.1) is 0 Å². The third kappa shape index (κ3) is 3.58. The second kappa shape index (κ2) is 3.88. The van der Waals surface area contributed by atoms with Crippen LogP contribution in [0.4, 0.5) is 0 Å². The number of hydrogen-bond acceptors (Lipinski definition) is 0. The van der Waals surface area contributed by atoms with Gasteiger partial charge < -0.3 is 4.57 Å². The fourth-order valence-corrected chi connectivity index (χ4v) is 1.48. The van der Waals surface area contributed by atoms with Gasteiger partial charge in [0.2, 0.25) is 0 Å². The molecule has 0 aliphatic heterocycles. The van der Waals surface area contributed by atoms with E-state index in [-0.39, 0.29) is 11.0 Å². The molecule has 0 saturated carbocycles. The van der Waals surface area contributed by atoms with Crippen LogP contribution in [0, 0.1) is 5.41 Å². The lowest BCUT2D eigenvalue weighted by atomic mass is 9.96. The summed E-state index contributed by atoms with van der Waals surface area (Å²) in [5.74, 6) is 0. The lowest BCUT2D eigenvalue weighted by molar-refractivity contribution is 0.396. The van der Waals surface area contributed by atoms with Crippen LogP contribution in [0.5, 0.6) is 0 Å². The lowest BCUT2D eigenvalue weighted by Gasteiger charge is -2.24. The number of aromatic nitrogens is 1. The van der Waals surface area contributed by atoms with Crippen LogP contribution in [-0.4, -0.2) is 4.57 Å². The van der Waals surface area contributed by atoms with E-state index in [9.17, 15) is 0 Å². The Morgan fingerprint density at radius 1 is 1.07 bits per heavy atom. The van der Waals surface area contributed by atoms with Gasteiger partial charge in [-0.25, -0.2) is 0 Å². The van der Waals surface area contributed by atoms with Crippen molar-refractivity contribution in [3.8, 4) is 0 Å². The van der Waals surface area contributed by atoms with Gasteiger partial charge in [-0.3, -0.25) is 0 Å². The zero-order valence-corrected chi connectivity index (χ0v) is 10.8. The van der Waals surface area contributed by atoms with Crippen LogP contribution in [0.3, 0.4) is 0 Å². The molecule has 0 unspecified atom stereocenters. The highest BCUT2D eigenvalue weighted by Gasteiger charge is 2.14. The van der Waals surface area contributed by atoms with E-state index >= 15 is 0 Å². The fourth-order valence-electron chi connectivity index (χ4n) is 1.48. The largest absolute Gasteiger partial charge is 0.343 e. The molecule has 15 heavy (non-hydrogen) atoms. The average Bonchev–Trinajstić information content (AvgIpc) is 2.45. The van der Waals surface area contributed by atoms with E-state index in [4.69, 9.17) is 0 Å². The van der Waals surface area contributed by atoms with E-state index in [0.717, 1.165) is 0 Å². The summed E-state index contributed by atoms with van der Waals surface area (Å²) >= 11 is 0. The predicted octanol–water partition coefficient (Wildman–Crippen LogP) is 4.30. The van der Waals surface area contributed by atoms with Gasteiger partial charge in [-0.2, -0.15) is 0 Å². The molecule has 0 atom stereocenters. The van der Waals surface area contributed by atoms with Gasteiger partial charge in [0.05, 0.1) is 0 Å². The zero-order valence-electron chi connectivity index (χ0n) is 10.8. The van der Waals surface area contributed by atoms with Gasteiger partial charge >= 0.3 is 0 Å². The molecule has 1 aromatic heterocycles. The Kier molecular flexibility index (Phi) is 3.13. The van der Waals surface area contributed by atoms with E-state index < -0.39 is 0 Å². The molecule has 1 nitrogen and oxygen atoms in total. The van der Waals surface area contributed by atoms with Gasteiger partial charge in [0.15, 0.2) is 0 Å². The Morgan fingerprint density at radius 2 is 1.67 bits per heavy atom. The molecule has 1 rings (SSSR count). The molecule has 0 bridgehead atoms. The van der Waals surface area contributed by atoms with E-state index in [0.29, 0.717) is 0 Å². The maximum Gasteiger partial charge on any atom is 0.0408 e. The molecule has 0 N–H and O–H groups in total. The molecule has 0 saturated heterocycles. The first-order valence-corrected chi connectivity index (χ1v) is 5.57. The minimum atomic E-state index is 0.154. The molecule has 84 valence electrons. The highest BCUT2D eigenvalue weighted by Crippen LogP contribution is 2.21. The van der Waals surface area contributed by atoms with Crippen LogP contribution < -0.4 is 0 Å². The average molecular weight is 205 g/mol. The van der Waals surface area contributed by atoms with E-state index in [1.807, 2.05) is 0 Å². The first kappa shape index (κ1) is 12.1. The Labute approximate surface area is 93.8 Å². The van der Waals surface area contributed by atoms with Crippen molar-refractivity contribution in [1.29, 1.82) is 0 Å². The molecule has 0 aromatic carbocycles. The third-order valence-corrected chi connectivity index (χ3v) is 2.26.